The molecule has 2 aliphatic carbocycles. The van der Waals surface area contributed by atoms with E-state index >= 15 is 0 Å². The molecule has 5 rings (SSSR count). The van der Waals surface area contributed by atoms with Gasteiger partial charge in [-0.1, -0.05) is 23.8 Å². The van der Waals surface area contributed by atoms with E-state index in [1.54, 1.807) is 7.05 Å². The molecule has 0 spiro atoms. The lowest BCUT2D eigenvalue weighted by molar-refractivity contribution is -0.140. The number of fused-ring (bicyclic) bond motifs is 6. The molecule has 7 nitrogen and oxygen atoms in total. The molecule has 170 valence electrons. The van der Waals surface area contributed by atoms with Gasteiger partial charge in [-0.05, 0) is 48.4 Å². The summed E-state index contributed by atoms with van der Waals surface area (Å²) in [6, 6.07) is 5.82. The van der Waals surface area contributed by atoms with Crippen LogP contribution in [0.5, 0.6) is 0 Å². The number of carbonyl (C=O) groups is 2. The Labute approximate surface area is 209 Å². The lowest BCUT2D eigenvalue weighted by Gasteiger charge is -2.18. The van der Waals surface area contributed by atoms with E-state index in [0.717, 1.165) is 28.8 Å². The lowest BCUT2D eigenvalue weighted by atomic mass is 9.85. The molecule has 32 heavy (non-hydrogen) atoms. The van der Waals surface area contributed by atoms with Gasteiger partial charge in [0.05, 0.1) is 11.8 Å². The molecule has 2 fully saturated rings. The molecule has 3 aliphatic rings. The summed E-state index contributed by atoms with van der Waals surface area (Å²) in [5.74, 6) is 0.869. The van der Waals surface area contributed by atoms with Gasteiger partial charge in [0.15, 0.2) is 5.96 Å². The number of amides is 2. The third kappa shape index (κ3) is 4.03. The van der Waals surface area contributed by atoms with Crippen LogP contribution in [0.4, 0.5) is 0 Å². The van der Waals surface area contributed by atoms with E-state index in [1.807, 2.05) is 24.4 Å². The van der Waals surface area contributed by atoms with Crippen molar-refractivity contribution in [2.75, 3.05) is 26.7 Å². The first-order valence-corrected chi connectivity index (χ1v) is 11.2. The SMILES string of the molecule is CN=C(NCCc1c[nH]c2ccc(Cl)cc12)NCCN1C(=O)C2C3C=CC(C3)C2C1=O.I. The zero-order valence-electron chi connectivity index (χ0n) is 17.8. The van der Waals surface area contributed by atoms with Crippen LogP contribution in [0.2, 0.25) is 5.02 Å². The number of rotatable bonds is 6. The van der Waals surface area contributed by atoms with Gasteiger partial charge in [0.25, 0.3) is 0 Å². The molecule has 1 aromatic carbocycles. The number of hydrogen-bond donors (Lipinski definition) is 3. The summed E-state index contributed by atoms with van der Waals surface area (Å²) in [5, 5.41) is 8.35. The molecule has 2 amide bonds. The minimum Gasteiger partial charge on any atom is -0.361 e. The second-order valence-corrected chi connectivity index (χ2v) is 8.94. The van der Waals surface area contributed by atoms with Gasteiger partial charge >= 0.3 is 0 Å². The summed E-state index contributed by atoms with van der Waals surface area (Å²) in [6.45, 7) is 1.54. The van der Waals surface area contributed by atoms with Crippen LogP contribution in [0, 0.1) is 23.7 Å². The molecule has 3 N–H and O–H groups in total. The van der Waals surface area contributed by atoms with Crippen molar-refractivity contribution in [1.82, 2.24) is 20.5 Å². The smallest absolute Gasteiger partial charge is 0.233 e. The zero-order valence-corrected chi connectivity index (χ0v) is 20.9. The van der Waals surface area contributed by atoms with Crippen molar-refractivity contribution in [3.63, 3.8) is 0 Å². The normalized spacial score (nSPS) is 26.1. The van der Waals surface area contributed by atoms with Crippen molar-refractivity contribution >= 4 is 64.3 Å². The van der Waals surface area contributed by atoms with E-state index in [4.69, 9.17) is 11.6 Å². The van der Waals surface area contributed by atoms with Crippen molar-refractivity contribution in [2.24, 2.45) is 28.7 Å². The number of likely N-dealkylation sites (tertiary alicyclic amines) is 1. The van der Waals surface area contributed by atoms with Gasteiger partial charge in [-0.25, -0.2) is 0 Å². The van der Waals surface area contributed by atoms with E-state index < -0.39 is 0 Å². The first kappa shape index (κ1) is 23.1. The molecule has 2 heterocycles. The minimum atomic E-state index is -0.135. The van der Waals surface area contributed by atoms with Crippen LogP contribution < -0.4 is 10.6 Å². The van der Waals surface area contributed by atoms with Crippen molar-refractivity contribution < 1.29 is 9.59 Å². The van der Waals surface area contributed by atoms with Gasteiger partial charge in [-0.15, -0.1) is 24.0 Å². The van der Waals surface area contributed by atoms with Crippen LogP contribution in [-0.2, 0) is 16.0 Å². The van der Waals surface area contributed by atoms with Gasteiger partial charge < -0.3 is 15.6 Å². The number of benzene rings is 1. The zero-order chi connectivity index (χ0) is 21.5. The largest absolute Gasteiger partial charge is 0.361 e. The highest BCUT2D eigenvalue weighted by Crippen LogP contribution is 2.52. The number of aromatic nitrogens is 1. The number of allylic oxidation sites excluding steroid dienone is 2. The fraction of sp³-hybridized carbons (Fsp3) is 0.435. The topological polar surface area (TPSA) is 89.6 Å². The molecular weight excluding hydrogens is 541 g/mol. The van der Waals surface area contributed by atoms with Crippen molar-refractivity contribution in [3.8, 4) is 0 Å². The maximum Gasteiger partial charge on any atom is 0.233 e. The fourth-order valence-electron chi connectivity index (χ4n) is 5.36. The molecule has 9 heteroatoms. The Morgan fingerprint density at radius 1 is 1.16 bits per heavy atom. The summed E-state index contributed by atoms with van der Waals surface area (Å²) in [7, 11) is 1.71. The monoisotopic (exact) mass is 567 g/mol. The first-order chi connectivity index (χ1) is 15.1. The third-order valence-corrected chi connectivity index (χ3v) is 7.06. The lowest BCUT2D eigenvalue weighted by Crippen LogP contribution is -2.44. The quantitative estimate of drug-likeness (QED) is 0.165. The summed E-state index contributed by atoms with van der Waals surface area (Å²) >= 11 is 6.12. The summed E-state index contributed by atoms with van der Waals surface area (Å²) in [6.07, 6.45) is 8.00. The number of aliphatic imine (C=N–C) groups is 1. The number of guanidine groups is 1. The average molecular weight is 568 g/mol. The van der Waals surface area contributed by atoms with E-state index in [2.05, 4.69) is 32.8 Å². The first-order valence-electron chi connectivity index (χ1n) is 10.8. The highest BCUT2D eigenvalue weighted by Gasteiger charge is 2.58. The predicted molar refractivity (Wildman–Crippen MR) is 136 cm³/mol. The number of imide groups is 1. The maximum absolute atomic E-state index is 12.8. The van der Waals surface area contributed by atoms with Gasteiger partial charge in [0.2, 0.25) is 11.8 Å². The molecule has 0 radical (unpaired) electrons. The van der Waals surface area contributed by atoms with Crippen LogP contribution in [-0.4, -0.2) is 54.3 Å². The van der Waals surface area contributed by atoms with Crippen LogP contribution in [0.3, 0.4) is 0 Å². The molecule has 4 atom stereocenters. The Bertz CT molecular complexity index is 1070. The number of nitrogens with one attached hydrogen (secondary N) is 3. The highest BCUT2D eigenvalue weighted by atomic mass is 127. The third-order valence-electron chi connectivity index (χ3n) is 6.83. The Kier molecular flexibility index (Phi) is 6.80. The average Bonchev–Trinajstić information content (AvgIpc) is 3.52. The standard InChI is InChI=1S/C23H26ClN5O2.HI/c1-25-23(26-7-6-15-12-28-18-5-4-16(24)11-17(15)18)27-8-9-29-21(30)19-13-2-3-14(10-13)20(19)22(29)31;/h2-5,11-14,19-20,28H,6-10H2,1H3,(H2,25,26,27);1H. The van der Waals surface area contributed by atoms with E-state index in [9.17, 15) is 9.59 Å². The Balaban J connectivity index is 0.00000245. The van der Waals surface area contributed by atoms with E-state index in [1.165, 1.54) is 10.5 Å². The number of hydrogen-bond acceptors (Lipinski definition) is 3. The number of H-pyrrole nitrogens is 1. The predicted octanol–water partition coefficient (Wildman–Crippen LogP) is 2.95. The van der Waals surface area contributed by atoms with Gasteiger partial charge in [-0.3, -0.25) is 19.5 Å². The van der Waals surface area contributed by atoms with Gasteiger partial charge in [-0.2, -0.15) is 0 Å². The summed E-state index contributed by atoms with van der Waals surface area (Å²) in [5.41, 5.74) is 2.25. The summed E-state index contributed by atoms with van der Waals surface area (Å²) in [4.78, 5) is 34.5. The maximum atomic E-state index is 12.8. The Hall–Kier alpha value is -2.07. The molecule has 1 saturated heterocycles. The van der Waals surface area contributed by atoms with Crippen LogP contribution >= 0.6 is 35.6 Å². The number of halogens is 2. The van der Waals surface area contributed by atoms with Crippen LogP contribution in [0.15, 0.2) is 41.5 Å². The van der Waals surface area contributed by atoms with Crippen molar-refractivity contribution in [2.45, 2.75) is 12.8 Å². The number of nitrogens with zero attached hydrogens (tertiary/aromatic N) is 2. The minimum absolute atomic E-state index is 0. The van der Waals surface area contributed by atoms with Crippen LogP contribution in [0.1, 0.15) is 12.0 Å². The molecular formula is C23H27ClIN5O2. The van der Waals surface area contributed by atoms with Crippen molar-refractivity contribution in [3.05, 3.63) is 47.1 Å². The van der Waals surface area contributed by atoms with Crippen LogP contribution in [0.25, 0.3) is 10.9 Å². The molecule has 2 bridgehead atoms. The Morgan fingerprint density at radius 3 is 2.53 bits per heavy atom. The van der Waals surface area contributed by atoms with Crippen molar-refractivity contribution in [1.29, 1.82) is 0 Å². The highest BCUT2D eigenvalue weighted by molar-refractivity contribution is 14.0. The second-order valence-electron chi connectivity index (χ2n) is 8.51. The molecule has 2 aromatic rings. The molecule has 1 aliphatic heterocycles. The van der Waals surface area contributed by atoms with E-state index in [0.29, 0.717) is 25.6 Å². The molecule has 4 unspecified atom stereocenters. The van der Waals surface area contributed by atoms with Gasteiger partial charge in [0, 0.05) is 48.8 Å². The number of carbonyl (C=O) groups excluding carboxylic acids is 2. The second kappa shape index (κ2) is 9.43. The fourth-order valence-corrected chi connectivity index (χ4v) is 5.54. The van der Waals surface area contributed by atoms with E-state index in [-0.39, 0.29) is 59.5 Å². The Morgan fingerprint density at radius 2 is 1.84 bits per heavy atom. The molecule has 1 aromatic heterocycles. The number of aromatic amines is 1. The molecule has 1 saturated carbocycles. The summed E-state index contributed by atoms with van der Waals surface area (Å²) < 4.78 is 0. The van der Waals surface area contributed by atoms with Gasteiger partial charge in [0.1, 0.15) is 0 Å².